The lowest BCUT2D eigenvalue weighted by atomic mass is 9.96. The summed E-state index contributed by atoms with van der Waals surface area (Å²) in [5.41, 5.74) is 2.94. The monoisotopic (exact) mass is 644 g/mol. The van der Waals surface area contributed by atoms with E-state index in [9.17, 15) is 24.1 Å². The number of nitrogens with one attached hydrogen (secondary N) is 2. The van der Waals surface area contributed by atoms with Crippen LogP contribution in [0.3, 0.4) is 0 Å². The van der Waals surface area contributed by atoms with E-state index in [1.54, 1.807) is 61.2 Å². The summed E-state index contributed by atoms with van der Waals surface area (Å²) >= 11 is 0. The molecule has 0 radical (unpaired) electrons. The molecule has 0 bridgehead atoms. The van der Waals surface area contributed by atoms with Crippen molar-refractivity contribution in [2.45, 2.75) is 46.3 Å². The number of hydrogen-bond donors (Lipinski definition) is 3. The van der Waals surface area contributed by atoms with Gasteiger partial charge in [0.25, 0.3) is 11.8 Å². The number of fused-ring (bicyclic) bond motifs is 2. The molecule has 3 N–H and O–H groups in total. The standard InChI is InChI=1S/C34H37N4O7P/c1-4-44-34(42)23(3)37-46(43,45-25-10-6-5-7-11-25)19-9-18-36-32(40)28-26-12-8-17-35-30(26)31(39)29-27(28)21-38(33(29)41)20-24-15-13-22(2)14-16-24/h5-8,10-17,23,39H,4,9,18-21H2,1-3H3,(H,36,40)(H,37,43)/t23-,46?/m0/s1. The van der Waals surface area contributed by atoms with E-state index in [2.05, 4.69) is 15.4 Å². The maximum atomic E-state index is 13.9. The summed E-state index contributed by atoms with van der Waals surface area (Å²) in [5, 5.41) is 17.2. The van der Waals surface area contributed by atoms with Crippen LogP contribution in [0.25, 0.3) is 10.9 Å². The third kappa shape index (κ3) is 7.22. The van der Waals surface area contributed by atoms with Crippen LogP contribution in [0.2, 0.25) is 0 Å². The number of rotatable bonds is 13. The largest absolute Gasteiger partial charge is 0.505 e. The molecule has 2 heterocycles. The minimum absolute atomic E-state index is 0.00468. The van der Waals surface area contributed by atoms with Crippen molar-refractivity contribution < 1.29 is 33.3 Å². The van der Waals surface area contributed by atoms with Crippen LogP contribution < -0.4 is 14.9 Å². The molecule has 1 aliphatic heterocycles. The molecule has 2 amide bonds. The number of benzene rings is 3. The molecule has 0 aliphatic carbocycles. The first-order valence-electron chi connectivity index (χ1n) is 15.1. The number of phenols is 1. The zero-order valence-corrected chi connectivity index (χ0v) is 26.9. The van der Waals surface area contributed by atoms with Gasteiger partial charge in [0.05, 0.1) is 23.9 Å². The Morgan fingerprint density at radius 3 is 2.54 bits per heavy atom. The van der Waals surface area contributed by atoms with E-state index in [4.69, 9.17) is 9.26 Å². The summed E-state index contributed by atoms with van der Waals surface area (Å²) in [7, 11) is -3.62. The van der Waals surface area contributed by atoms with Crippen LogP contribution in [0, 0.1) is 6.92 Å². The number of para-hydroxylation sites is 1. The number of amides is 2. The van der Waals surface area contributed by atoms with Gasteiger partial charge >= 0.3 is 13.5 Å². The first kappa shape index (κ1) is 32.7. The third-order valence-corrected chi connectivity index (χ3v) is 9.85. The molecule has 0 saturated carbocycles. The molecule has 11 nitrogen and oxygen atoms in total. The number of carbonyl (C=O) groups is 3. The van der Waals surface area contributed by atoms with Crippen LogP contribution in [0.15, 0.2) is 72.9 Å². The van der Waals surface area contributed by atoms with E-state index in [-0.39, 0.29) is 60.6 Å². The highest BCUT2D eigenvalue weighted by Crippen LogP contribution is 2.44. The van der Waals surface area contributed by atoms with Gasteiger partial charge in [0.15, 0.2) is 5.75 Å². The summed E-state index contributed by atoms with van der Waals surface area (Å²) < 4.78 is 24.8. The zero-order chi connectivity index (χ0) is 32.8. The van der Waals surface area contributed by atoms with Crippen molar-refractivity contribution in [1.29, 1.82) is 0 Å². The lowest BCUT2D eigenvalue weighted by molar-refractivity contribution is -0.144. The van der Waals surface area contributed by atoms with Crippen LogP contribution in [0.5, 0.6) is 11.5 Å². The van der Waals surface area contributed by atoms with E-state index in [1.165, 1.54) is 6.20 Å². The van der Waals surface area contributed by atoms with Gasteiger partial charge < -0.3 is 24.6 Å². The minimum Gasteiger partial charge on any atom is -0.505 e. The molecule has 46 heavy (non-hydrogen) atoms. The minimum atomic E-state index is -3.62. The molecular formula is C34H37N4O7P. The van der Waals surface area contributed by atoms with Crippen molar-refractivity contribution in [2.24, 2.45) is 0 Å². The van der Waals surface area contributed by atoms with Crippen LogP contribution in [-0.4, -0.2) is 58.1 Å². The highest BCUT2D eigenvalue weighted by Gasteiger charge is 2.37. The fourth-order valence-electron chi connectivity index (χ4n) is 5.44. The second-order valence-electron chi connectivity index (χ2n) is 11.1. The molecule has 0 spiro atoms. The molecule has 5 rings (SSSR count). The quantitative estimate of drug-likeness (QED) is 0.0997. The van der Waals surface area contributed by atoms with Crippen LogP contribution in [0.1, 0.15) is 57.7 Å². The predicted molar refractivity (Wildman–Crippen MR) is 174 cm³/mol. The van der Waals surface area contributed by atoms with Crippen LogP contribution in [0.4, 0.5) is 0 Å². The second-order valence-corrected chi connectivity index (χ2v) is 13.4. The van der Waals surface area contributed by atoms with Crippen LogP contribution >= 0.6 is 7.52 Å². The van der Waals surface area contributed by atoms with Crippen molar-refractivity contribution in [3.63, 3.8) is 0 Å². The molecule has 4 aromatic rings. The average Bonchev–Trinajstić information content (AvgIpc) is 3.36. The SMILES string of the molecule is CCOC(=O)[C@H](C)NP(=O)(CCCNC(=O)c1c2c(c(O)c3ncccc13)C(=O)N(Cc1ccc(C)cc1)C2)Oc1ccccc1. The van der Waals surface area contributed by atoms with Gasteiger partial charge in [0, 0.05) is 36.8 Å². The Bertz CT molecular complexity index is 1800. The van der Waals surface area contributed by atoms with Gasteiger partial charge in [-0.15, -0.1) is 0 Å². The Morgan fingerprint density at radius 2 is 1.83 bits per heavy atom. The van der Waals surface area contributed by atoms with Gasteiger partial charge in [-0.3, -0.25) is 23.9 Å². The third-order valence-electron chi connectivity index (χ3n) is 7.65. The second kappa shape index (κ2) is 14.1. The molecule has 1 aromatic heterocycles. The summed E-state index contributed by atoms with van der Waals surface area (Å²) in [5.74, 6) is -1.27. The molecule has 0 fully saturated rings. The van der Waals surface area contributed by atoms with Crippen molar-refractivity contribution in [3.05, 3.63) is 101 Å². The van der Waals surface area contributed by atoms with Crippen LogP contribution in [-0.2, 0) is 27.2 Å². The highest BCUT2D eigenvalue weighted by molar-refractivity contribution is 7.57. The average molecular weight is 645 g/mol. The van der Waals surface area contributed by atoms with Crippen molar-refractivity contribution in [1.82, 2.24) is 20.3 Å². The Morgan fingerprint density at radius 1 is 1.09 bits per heavy atom. The fourth-order valence-corrected chi connectivity index (χ4v) is 7.44. The fraction of sp³-hybridized carbons (Fsp3) is 0.294. The van der Waals surface area contributed by atoms with Gasteiger partial charge in [-0.2, -0.15) is 0 Å². The molecule has 0 saturated heterocycles. The molecule has 1 aliphatic rings. The number of hydrogen-bond acceptors (Lipinski definition) is 8. The molecule has 12 heteroatoms. The number of nitrogens with zero attached hydrogens (tertiary/aromatic N) is 2. The Balaban J connectivity index is 1.34. The first-order valence-corrected chi connectivity index (χ1v) is 16.9. The van der Waals surface area contributed by atoms with E-state index < -0.39 is 25.4 Å². The lowest BCUT2D eigenvalue weighted by Gasteiger charge is -2.23. The summed E-state index contributed by atoms with van der Waals surface area (Å²) in [4.78, 5) is 45.4. The van der Waals surface area contributed by atoms with E-state index in [1.807, 2.05) is 31.2 Å². The van der Waals surface area contributed by atoms with Gasteiger partial charge in [0.1, 0.15) is 17.3 Å². The number of phenolic OH excluding ortho intramolecular Hbond substituents is 1. The molecular weight excluding hydrogens is 607 g/mol. The van der Waals surface area contributed by atoms with Crippen molar-refractivity contribution in [2.75, 3.05) is 19.3 Å². The van der Waals surface area contributed by atoms with Gasteiger partial charge in [-0.1, -0.05) is 54.1 Å². The first-order chi connectivity index (χ1) is 22.1. The van der Waals surface area contributed by atoms with Gasteiger partial charge in [-0.25, -0.2) is 5.09 Å². The summed E-state index contributed by atoms with van der Waals surface area (Å²) in [6.07, 6.45) is 1.74. The summed E-state index contributed by atoms with van der Waals surface area (Å²) in [6, 6.07) is 18.9. The Kier molecular flexibility index (Phi) is 10.0. The number of esters is 1. The Hall–Kier alpha value is -4.73. The lowest BCUT2D eigenvalue weighted by Crippen LogP contribution is -2.35. The Labute approximate surface area is 267 Å². The molecule has 240 valence electrons. The molecule has 1 unspecified atom stereocenters. The normalized spacial score (nSPS) is 14.4. The van der Waals surface area contributed by atoms with Crippen molar-refractivity contribution in [3.8, 4) is 11.5 Å². The maximum absolute atomic E-state index is 13.9. The van der Waals surface area contributed by atoms with E-state index in [0.29, 0.717) is 23.2 Å². The van der Waals surface area contributed by atoms with Gasteiger partial charge in [-0.05, 0) is 51.0 Å². The maximum Gasteiger partial charge on any atom is 0.323 e. The number of aromatic hydroxyl groups is 1. The highest BCUT2D eigenvalue weighted by atomic mass is 31.2. The molecule has 2 atom stereocenters. The van der Waals surface area contributed by atoms with Gasteiger partial charge in [0.2, 0.25) is 0 Å². The number of pyridine rings is 1. The number of carbonyl (C=O) groups excluding carboxylic acids is 3. The van der Waals surface area contributed by atoms with E-state index >= 15 is 0 Å². The predicted octanol–water partition coefficient (Wildman–Crippen LogP) is 5.34. The number of ether oxygens (including phenoxy) is 1. The zero-order valence-electron chi connectivity index (χ0n) is 26.0. The van der Waals surface area contributed by atoms with Crippen molar-refractivity contribution >= 4 is 36.2 Å². The van der Waals surface area contributed by atoms with E-state index in [0.717, 1.165) is 11.1 Å². The summed E-state index contributed by atoms with van der Waals surface area (Å²) in [6.45, 7) is 5.97. The smallest absolute Gasteiger partial charge is 0.323 e. The number of aryl methyl sites for hydroxylation is 1. The number of aromatic nitrogens is 1. The molecule has 3 aromatic carbocycles. The topological polar surface area (TPSA) is 147 Å².